The first-order valence-electron chi connectivity index (χ1n) is 6.75. The summed E-state index contributed by atoms with van der Waals surface area (Å²) in [6.45, 7) is 1.22. The van der Waals surface area contributed by atoms with Crippen molar-refractivity contribution in [2.75, 3.05) is 6.54 Å². The van der Waals surface area contributed by atoms with Crippen LogP contribution in [0.2, 0.25) is 0 Å². The molecule has 21 heavy (non-hydrogen) atoms. The number of aromatic carboxylic acids is 1. The number of hydrogen-bond acceptors (Lipinski definition) is 3. The van der Waals surface area contributed by atoms with E-state index in [-0.39, 0.29) is 17.3 Å². The molecule has 0 amide bonds. The Bertz CT molecular complexity index is 678. The normalized spacial score (nSPS) is 20.4. The van der Waals surface area contributed by atoms with Crippen LogP contribution in [-0.4, -0.2) is 28.3 Å². The topological polar surface area (TPSA) is 57.6 Å². The van der Waals surface area contributed by atoms with Gasteiger partial charge >= 0.3 is 5.97 Å². The molecule has 3 rings (SSSR count). The second-order valence-electron chi connectivity index (χ2n) is 5.24. The summed E-state index contributed by atoms with van der Waals surface area (Å²) in [5, 5.41) is 8.95. The molecule has 108 valence electrons. The molecule has 2 aliphatic rings. The largest absolute Gasteiger partial charge is 0.478 e. The summed E-state index contributed by atoms with van der Waals surface area (Å²) in [4.78, 5) is 24.8. The van der Waals surface area contributed by atoms with Gasteiger partial charge in [0.15, 0.2) is 5.78 Å². The molecule has 0 radical (unpaired) electrons. The summed E-state index contributed by atoms with van der Waals surface area (Å²) < 4.78 is 13.4. The molecular formula is C16H14FNO3. The molecule has 1 aliphatic carbocycles. The van der Waals surface area contributed by atoms with Crippen LogP contribution in [0.15, 0.2) is 42.1 Å². The van der Waals surface area contributed by atoms with Crippen molar-refractivity contribution >= 4 is 11.8 Å². The summed E-state index contributed by atoms with van der Waals surface area (Å²) >= 11 is 0. The average molecular weight is 287 g/mol. The van der Waals surface area contributed by atoms with Crippen LogP contribution in [0.25, 0.3) is 0 Å². The van der Waals surface area contributed by atoms with Gasteiger partial charge in [-0.2, -0.15) is 0 Å². The van der Waals surface area contributed by atoms with E-state index in [1.807, 2.05) is 11.0 Å². The van der Waals surface area contributed by atoms with Gasteiger partial charge in [0.05, 0.1) is 11.5 Å². The van der Waals surface area contributed by atoms with E-state index in [2.05, 4.69) is 0 Å². The predicted octanol–water partition coefficient (Wildman–Crippen LogP) is 2.37. The average Bonchev–Trinajstić information content (AvgIpc) is 2.85. The fourth-order valence-electron chi connectivity index (χ4n) is 2.87. The number of carbonyl (C=O) groups excluding carboxylic acids is 1. The zero-order chi connectivity index (χ0) is 15.0. The van der Waals surface area contributed by atoms with Crippen molar-refractivity contribution < 1.29 is 19.1 Å². The number of carboxylic acids is 1. The Morgan fingerprint density at radius 2 is 2.24 bits per heavy atom. The van der Waals surface area contributed by atoms with Crippen LogP contribution >= 0.6 is 0 Å². The van der Waals surface area contributed by atoms with Crippen molar-refractivity contribution in [3.63, 3.8) is 0 Å². The van der Waals surface area contributed by atoms with Crippen molar-refractivity contribution in [3.05, 3.63) is 59.1 Å². The first kappa shape index (κ1) is 13.5. The van der Waals surface area contributed by atoms with Gasteiger partial charge in [0.1, 0.15) is 5.82 Å². The standard InChI is InChI=1S/C16H14FNO3/c17-13-5-4-10(8-12(13)16(20)21)9-18-7-6-11-14(18)2-1-3-15(11)19/h1-5,8,11H,6-7,9H2,(H,20,21). The lowest BCUT2D eigenvalue weighted by Gasteiger charge is -2.23. The Morgan fingerprint density at radius 1 is 1.43 bits per heavy atom. The van der Waals surface area contributed by atoms with Gasteiger partial charge in [0.25, 0.3) is 0 Å². The fraction of sp³-hybridized carbons (Fsp3) is 0.250. The second kappa shape index (κ2) is 5.16. The molecule has 0 bridgehead atoms. The molecule has 0 aromatic heterocycles. The third-order valence-electron chi connectivity index (χ3n) is 3.92. The molecule has 1 aromatic carbocycles. The Kier molecular flexibility index (Phi) is 3.33. The van der Waals surface area contributed by atoms with Crippen LogP contribution in [0, 0.1) is 11.7 Å². The number of fused-ring (bicyclic) bond motifs is 1. The SMILES string of the molecule is O=C(O)c1cc(CN2CCC3C(=O)C=CC=C32)ccc1F. The van der Waals surface area contributed by atoms with E-state index in [0.717, 1.165) is 24.2 Å². The van der Waals surface area contributed by atoms with E-state index < -0.39 is 11.8 Å². The van der Waals surface area contributed by atoms with Crippen LogP contribution < -0.4 is 0 Å². The van der Waals surface area contributed by atoms with Gasteiger partial charge in [-0.3, -0.25) is 4.79 Å². The van der Waals surface area contributed by atoms with Crippen molar-refractivity contribution in [1.82, 2.24) is 4.90 Å². The number of ketones is 1. The van der Waals surface area contributed by atoms with E-state index in [1.165, 1.54) is 12.1 Å². The van der Waals surface area contributed by atoms with Crippen LogP contribution in [0.4, 0.5) is 4.39 Å². The van der Waals surface area contributed by atoms with E-state index in [9.17, 15) is 14.0 Å². The minimum Gasteiger partial charge on any atom is -0.478 e. The third kappa shape index (κ3) is 2.46. The minimum absolute atomic E-state index is 0.0885. The summed E-state index contributed by atoms with van der Waals surface area (Å²) in [5.74, 6) is -1.99. The smallest absolute Gasteiger partial charge is 0.338 e. The molecule has 1 unspecified atom stereocenters. The lowest BCUT2D eigenvalue weighted by Crippen LogP contribution is -2.22. The lowest BCUT2D eigenvalue weighted by atomic mass is 9.95. The molecule has 5 heteroatoms. The maximum atomic E-state index is 13.4. The number of rotatable bonds is 3. The Labute approximate surface area is 121 Å². The van der Waals surface area contributed by atoms with Gasteiger partial charge in [-0.05, 0) is 36.3 Å². The summed E-state index contributed by atoms with van der Waals surface area (Å²) in [6.07, 6.45) is 6.00. The van der Waals surface area contributed by atoms with Gasteiger partial charge in [0.2, 0.25) is 0 Å². The minimum atomic E-state index is -1.27. The molecule has 1 saturated heterocycles. The molecule has 4 nitrogen and oxygen atoms in total. The maximum Gasteiger partial charge on any atom is 0.338 e. The molecule has 1 fully saturated rings. The number of carbonyl (C=O) groups is 2. The van der Waals surface area contributed by atoms with Crippen molar-refractivity contribution in [3.8, 4) is 0 Å². The molecule has 1 N–H and O–H groups in total. The van der Waals surface area contributed by atoms with Gasteiger partial charge in [-0.15, -0.1) is 0 Å². The second-order valence-corrected chi connectivity index (χ2v) is 5.24. The fourth-order valence-corrected chi connectivity index (χ4v) is 2.87. The zero-order valence-electron chi connectivity index (χ0n) is 11.3. The first-order valence-corrected chi connectivity index (χ1v) is 6.75. The highest BCUT2D eigenvalue weighted by molar-refractivity contribution is 5.95. The number of hydrogen-bond donors (Lipinski definition) is 1. The van der Waals surface area contributed by atoms with Crippen LogP contribution in [0.3, 0.4) is 0 Å². The van der Waals surface area contributed by atoms with Gasteiger partial charge < -0.3 is 10.0 Å². The van der Waals surface area contributed by atoms with Gasteiger partial charge in [-0.25, -0.2) is 9.18 Å². The highest BCUT2D eigenvalue weighted by Crippen LogP contribution is 2.32. The molecule has 1 heterocycles. The molecular weight excluding hydrogens is 273 g/mol. The number of likely N-dealkylation sites (tertiary alicyclic amines) is 1. The number of allylic oxidation sites excluding steroid dienone is 4. The molecule has 0 spiro atoms. The van der Waals surface area contributed by atoms with Crippen molar-refractivity contribution in [2.45, 2.75) is 13.0 Å². The first-order chi connectivity index (χ1) is 10.1. The van der Waals surface area contributed by atoms with Gasteiger partial charge in [-0.1, -0.05) is 12.1 Å². The Morgan fingerprint density at radius 3 is 3.00 bits per heavy atom. The predicted molar refractivity (Wildman–Crippen MR) is 74.1 cm³/mol. The van der Waals surface area contributed by atoms with Gasteiger partial charge in [0, 0.05) is 18.8 Å². The van der Waals surface area contributed by atoms with E-state index in [4.69, 9.17) is 5.11 Å². The maximum absolute atomic E-state index is 13.4. The Balaban J connectivity index is 1.83. The van der Waals surface area contributed by atoms with Crippen LogP contribution in [-0.2, 0) is 11.3 Å². The number of benzene rings is 1. The van der Waals surface area contributed by atoms with Crippen molar-refractivity contribution in [1.29, 1.82) is 0 Å². The lowest BCUT2D eigenvalue weighted by molar-refractivity contribution is -0.117. The number of halogens is 1. The number of carboxylic acid groups (broad SMARTS) is 1. The highest BCUT2D eigenvalue weighted by atomic mass is 19.1. The summed E-state index contributed by atoms with van der Waals surface area (Å²) in [6, 6.07) is 4.11. The molecule has 1 aromatic rings. The molecule has 1 atom stereocenters. The molecule has 1 aliphatic heterocycles. The summed E-state index contributed by atoms with van der Waals surface area (Å²) in [7, 11) is 0. The van der Waals surface area contributed by atoms with E-state index in [1.54, 1.807) is 18.2 Å². The van der Waals surface area contributed by atoms with E-state index in [0.29, 0.717) is 6.54 Å². The quantitative estimate of drug-likeness (QED) is 0.927. The molecule has 0 saturated carbocycles. The van der Waals surface area contributed by atoms with Crippen LogP contribution in [0.1, 0.15) is 22.3 Å². The van der Waals surface area contributed by atoms with Crippen molar-refractivity contribution in [2.24, 2.45) is 5.92 Å². The number of nitrogens with zero attached hydrogens (tertiary/aromatic N) is 1. The third-order valence-corrected chi connectivity index (χ3v) is 3.92. The van der Waals surface area contributed by atoms with Crippen LogP contribution in [0.5, 0.6) is 0 Å². The zero-order valence-corrected chi connectivity index (χ0v) is 11.3. The van der Waals surface area contributed by atoms with E-state index >= 15 is 0 Å². The highest BCUT2D eigenvalue weighted by Gasteiger charge is 2.33. The summed E-state index contributed by atoms with van der Waals surface area (Å²) in [5.41, 5.74) is 1.36. The Hall–Kier alpha value is -2.43. The monoisotopic (exact) mass is 287 g/mol.